The maximum atomic E-state index is 12.6. The first kappa shape index (κ1) is 19.8. The molecule has 9 heteroatoms. The first-order valence-corrected chi connectivity index (χ1v) is 10.0. The van der Waals surface area contributed by atoms with Crippen LogP contribution in [0.2, 0.25) is 15.1 Å². The van der Waals surface area contributed by atoms with Gasteiger partial charge in [-0.25, -0.2) is 4.99 Å². The molecule has 3 aromatic rings. The number of rotatable bonds is 2. The summed E-state index contributed by atoms with van der Waals surface area (Å²) in [5.74, 6) is -0.129. The molecule has 3 aromatic carbocycles. The van der Waals surface area contributed by atoms with E-state index < -0.39 is 4.92 Å². The fraction of sp³-hybridized carbons (Fsp3) is 0. The Hall–Kier alpha value is -3.19. The highest BCUT2D eigenvalue weighted by Gasteiger charge is 2.24. The number of non-ortho nitro benzene ring substituents is 1. The molecule has 0 amide bonds. The molecule has 0 fully saturated rings. The molecule has 1 N–H and O–H groups in total. The first-order chi connectivity index (χ1) is 14.8. The van der Waals surface area contributed by atoms with Gasteiger partial charge in [0.15, 0.2) is 5.43 Å². The van der Waals surface area contributed by atoms with Crippen LogP contribution in [0.1, 0.15) is 0 Å². The van der Waals surface area contributed by atoms with E-state index in [2.05, 4.69) is 4.99 Å². The average Bonchev–Trinajstić information content (AvgIpc) is 2.71. The molecule has 0 saturated heterocycles. The summed E-state index contributed by atoms with van der Waals surface area (Å²) < 4.78 is 0. The van der Waals surface area contributed by atoms with Crippen LogP contribution >= 0.6 is 34.8 Å². The molecule has 2 aliphatic carbocycles. The van der Waals surface area contributed by atoms with E-state index in [1.165, 1.54) is 36.4 Å². The van der Waals surface area contributed by atoms with Gasteiger partial charge in [0.05, 0.1) is 36.4 Å². The van der Waals surface area contributed by atoms with E-state index in [9.17, 15) is 20.0 Å². The highest BCUT2D eigenvalue weighted by molar-refractivity contribution is 6.43. The molecule has 152 valence electrons. The Balaban J connectivity index is 1.99. The summed E-state index contributed by atoms with van der Waals surface area (Å²) in [5.41, 5.74) is 1.05. The molecular weight excluding hydrogens is 463 g/mol. The lowest BCUT2D eigenvalue weighted by Gasteiger charge is -2.19. The summed E-state index contributed by atoms with van der Waals surface area (Å²) >= 11 is 19.2. The minimum absolute atomic E-state index is 0.0657. The lowest BCUT2D eigenvalue weighted by Crippen LogP contribution is -2.11. The lowest BCUT2D eigenvalue weighted by atomic mass is 9.88. The van der Waals surface area contributed by atoms with Gasteiger partial charge in [0.2, 0.25) is 0 Å². The van der Waals surface area contributed by atoms with E-state index in [1.54, 1.807) is 12.1 Å². The Kier molecular flexibility index (Phi) is 4.41. The molecule has 0 unspecified atom stereocenters. The molecule has 0 bridgehead atoms. The third-order valence-corrected chi connectivity index (χ3v) is 6.11. The second-order valence-electron chi connectivity index (χ2n) is 6.97. The first-order valence-electron chi connectivity index (χ1n) is 8.91. The van der Waals surface area contributed by atoms with Crippen LogP contribution in [0, 0.1) is 10.1 Å². The van der Waals surface area contributed by atoms with Crippen molar-refractivity contribution in [2.45, 2.75) is 0 Å². The minimum atomic E-state index is -0.501. The van der Waals surface area contributed by atoms with Crippen molar-refractivity contribution in [1.82, 2.24) is 0 Å². The minimum Gasteiger partial charge on any atom is -0.507 e. The van der Waals surface area contributed by atoms with Gasteiger partial charge in [-0.1, -0.05) is 34.8 Å². The molecule has 0 atom stereocenters. The maximum absolute atomic E-state index is 12.6. The zero-order valence-corrected chi connectivity index (χ0v) is 17.6. The van der Waals surface area contributed by atoms with Gasteiger partial charge in [0.25, 0.3) is 5.69 Å². The molecular formula is C22H9Cl3N2O4. The number of phenols is 1. The van der Waals surface area contributed by atoms with Gasteiger partial charge >= 0.3 is 0 Å². The number of hydrogen-bond acceptors (Lipinski definition) is 5. The van der Waals surface area contributed by atoms with Gasteiger partial charge in [0.1, 0.15) is 5.75 Å². The monoisotopic (exact) mass is 470 g/mol. The van der Waals surface area contributed by atoms with Gasteiger partial charge in [0, 0.05) is 45.5 Å². The molecule has 0 aliphatic heterocycles. The largest absolute Gasteiger partial charge is 0.507 e. The van der Waals surface area contributed by atoms with Crippen LogP contribution in [0.25, 0.3) is 32.7 Å². The summed E-state index contributed by atoms with van der Waals surface area (Å²) in [6, 6.07) is 11.6. The van der Waals surface area contributed by atoms with Crippen molar-refractivity contribution in [3.63, 3.8) is 0 Å². The Morgan fingerprint density at radius 1 is 0.871 bits per heavy atom. The zero-order chi connectivity index (χ0) is 22.0. The third kappa shape index (κ3) is 2.95. The fourth-order valence-corrected chi connectivity index (χ4v) is 4.67. The quantitative estimate of drug-likeness (QED) is 0.190. The van der Waals surface area contributed by atoms with Gasteiger partial charge in [-0.05, 0) is 30.3 Å². The zero-order valence-electron chi connectivity index (χ0n) is 15.3. The number of nitrogens with zero attached hydrogens (tertiary/aromatic N) is 2. The molecule has 0 radical (unpaired) electrons. The van der Waals surface area contributed by atoms with E-state index in [0.717, 1.165) is 0 Å². The Morgan fingerprint density at radius 2 is 1.58 bits per heavy atom. The third-order valence-electron chi connectivity index (χ3n) is 5.18. The molecule has 0 saturated carbocycles. The van der Waals surface area contributed by atoms with Crippen molar-refractivity contribution in [2.24, 2.45) is 4.99 Å². The normalized spacial score (nSPS) is 12.4. The van der Waals surface area contributed by atoms with Crippen molar-refractivity contribution >= 4 is 67.7 Å². The summed E-state index contributed by atoms with van der Waals surface area (Å²) in [5, 5.41) is 24.4. The van der Waals surface area contributed by atoms with Crippen LogP contribution in [-0.2, 0) is 0 Å². The fourth-order valence-electron chi connectivity index (χ4n) is 3.88. The van der Waals surface area contributed by atoms with Crippen LogP contribution in [-0.4, -0.2) is 10.0 Å². The lowest BCUT2D eigenvalue weighted by molar-refractivity contribution is -0.384. The molecule has 31 heavy (non-hydrogen) atoms. The summed E-state index contributed by atoms with van der Waals surface area (Å²) in [7, 11) is 0. The van der Waals surface area contributed by atoms with Crippen molar-refractivity contribution in [1.29, 1.82) is 0 Å². The number of nitro groups is 1. The number of halogens is 3. The van der Waals surface area contributed by atoms with Gasteiger partial charge < -0.3 is 5.11 Å². The van der Waals surface area contributed by atoms with E-state index in [0.29, 0.717) is 38.3 Å². The summed E-state index contributed by atoms with van der Waals surface area (Å²) in [6.45, 7) is 0. The molecule has 6 nitrogen and oxygen atoms in total. The molecule has 0 heterocycles. The van der Waals surface area contributed by atoms with Crippen LogP contribution in [0.3, 0.4) is 0 Å². The number of hydrogen-bond donors (Lipinski definition) is 1. The van der Waals surface area contributed by atoms with Crippen LogP contribution in [0.15, 0.2) is 58.3 Å². The van der Waals surface area contributed by atoms with Crippen LogP contribution in [0.5, 0.6) is 5.75 Å². The second-order valence-corrected chi connectivity index (χ2v) is 8.19. The van der Waals surface area contributed by atoms with Crippen molar-refractivity contribution < 1.29 is 10.0 Å². The molecule has 2 aliphatic rings. The van der Waals surface area contributed by atoms with Gasteiger partial charge in [-0.2, -0.15) is 0 Å². The average molecular weight is 472 g/mol. The maximum Gasteiger partial charge on any atom is 0.269 e. The van der Waals surface area contributed by atoms with Crippen molar-refractivity contribution in [2.75, 3.05) is 0 Å². The number of aromatic hydroxyl groups is 1. The standard InChI is InChI=1S/C22H9Cl3N2O4/c23-13-8-18(29)22-16(26-9-1-3-10(4-2-9)27(30)31)6-12-14(24)7-17(28)21-15(25)5-11(13)20(22)19(12)21/h1-8,29H. The number of benzene rings is 5. The highest BCUT2D eigenvalue weighted by Crippen LogP contribution is 2.46. The Bertz CT molecular complexity index is 1620. The van der Waals surface area contributed by atoms with E-state index in [1.807, 2.05) is 0 Å². The second kappa shape index (κ2) is 6.92. The number of nitro benzene ring substituents is 1. The summed E-state index contributed by atoms with van der Waals surface area (Å²) in [4.78, 5) is 27.6. The van der Waals surface area contributed by atoms with Gasteiger partial charge in [-0.3, -0.25) is 14.9 Å². The van der Waals surface area contributed by atoms with E-state index in [-0.39, 0.29) is 37.3 Å². The Morgan fingerprint density at radius 3 is 2.26 bits per heavy atom. The SMILES string of the molecule is O=c1cc(Cl)c2cc(=Nc3ccc([N+](=O)[O-])cc3)c3c(O)cc(Cl)c4cc(Cl)c1c-2c43. The van der Waals surface area contributed by atoms with E-state index in [4.69, 9.17) is 34.8 Å². The Labute approximate surface area is 188 Å². The highest BCUT2D eigenvalue weighted by atomic mass is 35.5. The number of phenolic OH excluding ortho intramolecular Hbond substituents is 1. The van der Waals surface area contributed by atoms with Crippen LogP contribution < -0.4 is 10.8 Å². The van der Waals surface area contributed by atoms with Crippen molar-refractivity contribution in [3.05, 3.63) is 89.3 Å². The summed E-state index contributed by atoms with van der Waals surface area (Å²) in [6.07, 6.45) is 0. The molecule has 5 rings (SSSR count). The predicted octanol–water partition coefficient (Wildman–Crippen LogP) is 6.14. The van der Waals surface area contributed by atoms with E-state index >= 15 is 0 Å². The predicted molar refractivity (Wildman–Crippen MR) is 122 cm³/mol. The van der Waals surface area contributed by atoms with Crippen molar-refractivity contribution in [3.8, 4) is 16.9 Å². The van der Waals surface area contributed by atoms with Gasteiger partial charge in [-0.15, -0.1) is 0 Å². The topological polar surface area (TPSA) is 92.8 Å². The van der Waals surface area contributed by atoms with Crippen LogP contribution in [0.4, 0.5) is 11.4 Å². The smallest absolute Gasteiger partial charge is 0.269 e. The molecule has 0 aromatic heterocycles. The molecule has 0 spiro atoms.